The molecular formula is C16H19N3. The Morgan fingerprint density at radius 1 is 1.26 bits per heavy atom. The molecule has 0 fully saturated rings. The van der Waals surface area contributed by atoms with Crippen molar-refractivity contribution in [3.8, 4) is 11.3 Å². The molecule has 0 atom stereocenters. The zero-order valence-corrected chi connectivity index (χ0v) is 11.6. The van der Waals surface area contributed by atoms with Crippen molar-refractivity contribution < 1.29 is 0 Å². The van der Waals surface area contributed by atoms with Gasteiger partial charge in [-0.25, -0.2) is 0 Å². The second kappa shape index (κ2) is 5.14. The number of anilines is 1. The fraction of sp³-hybridized carbons (Fsp3) is 0.188. The smallest absolute Gasteiger partial charge is 0.0732 e. The molecule has 0 unspecified atom stereocenters. The van der Waals surface area contributed by atoms with E-state index in [-0.39, 0.29) is 0 Å². The van der Waals surface area contributed by atoms with Crippen LogP contribution in [0.4, 0.5) is 5.69 Å². The van der Waals surface area contributed by atoms with E-state index in [1.165, 1.54) is 0 Å². The lowest BCUT2D eigenvalue weighted by Gasteiger charge is -2.16. The van der Waals surface area contributed by atoms with E-state index in [1.54, 1.807) is 6.20 Å². The topological polar surface area (TPSA) is 42.1 Å². The van der Waals surface area contributed by atoms with Gasteiger partial charge in [-0.15, -0.1) is 0 Å². The summed E-state index contributed by atoms with van der Waals surface area (Å²) in [6.07, 6.45) is 1.69. The number of aromatic nitrogens is 1. The van der Waals surface area contributed by atoms with Crippen LogP contribution in [0.1, 0.15) is 11.1 Å². The summed E-state index contributed by atoms with van der Waals surface area (Å²) in [5.41, 5.74) is 11.6. The predicted octanol–water partition coefficient (Wildman–Crippen LogP) is 3.17. The van der Waals surface area contributed by atoms with Crippen LogP contribution >= 0.6 is 0 Å². The molecule has 0 saturated carbocycles. The third-order valence-electron chi connectivity index (χ3n) is 3.11. The van der Waals surface area contributed by atoms with E-state index in [2.05, 4.69) is 29.8 Å². The molecule has 98 valence electrons. The molecule has 0 bridgehead atoms. The Labute approximate surface area is 114 Å². The Hall–Kier alpha value is -2.29. The van der Waals surface area contributed by atoms with Gasteiger partial charge in [-0.2, -0.15) is 0 Å². The van der Waals surface area contributed by atoms with Gasteiger partial charge in [0.05, 0.1) is 17.6 Å². The average Bonchev–Trinajstić information content (AvgIpc) is 2.38. The quantitative estimate of drug-likeness (QED) is 0.913. The summed E-state index contributed by atoms with van der Waals surface area (Å²) in [5.74, 6) is 0. The van der Waals surface area contributed by atoms with Crippen LogP contribution in [0.5, 0.6) is 0 Å². The van der Waals surface area contributed by atoms with Gasteiger partial charge in [0.1, 0.15) is 0 Å². The van der Waals surface area contributed by atoms with Gasteiger partial charge in [0.15, 0.2) is 0 Å². The van der Waals surface area contributed by atoms with Crippen LogP contribution in [-0.2, 0) is 0 Å². The standard InChI is InChI=1S/C16H19N3/c1-11-8-15(17)10-18-16(11)14-7-5-6-13(9-14)12(2)19(3)4/h5-10H,2,17H2,1,3-4H3. The highest BCUT2D eigenvalue weighted by molar-refractivity contribution is 5.71. The van der Waals surface area contributed by atoms with Gasteiger partial charge in [-0.1, -0.05) is 24.8 Å². The van der Waals surface area contributed by atoms with Gasteiger partial charge in [0.2, 0.25) is 0 Å². The molecule has 0 radical (unpaired) electrons. The van der Waals surface area contributed by atoms with Crippen LogP contribution in [0.25, 0.3) is 17.0 Å². The predicted molar refractivity (Wildman–Crippen MR) is 81.5 cm³/mol. The number of nitrogen functional groups attached to an aromatic ring is 1. The second-order valence-corrected chi connectivity index (χ2v) is 4.86. The molecule has 1 aromatic heterocycles. The lowest BCUT2D eigenvalue weighted by Crippen LogP contribution is -2.08. The fourth-order valence-electron chi connectivity index (χ4n) is 2.00. The summed E-state index contributed by atoms with van der Waals surface area (Å²) < 4.78 is 0. The molecule has 0 spiro atoms. The second-order valence-electron chi connectivity index (χ2n) is 4.86. The maximum absolute atomic E-state index is 5.74. The van der Waals surface area contributed by atoms with E-state index in [0.29, 0.717) is 5.69 Å². The first-order chi connectivity index (χ1) is 8.99. The van der Waals surface area contributed by atoms with Gasteiger partial charge in [0.25, 0.3) is 0 Å². The van der Waals surface area contributed by atoms with Crippen molar-refractivity contribution in [2.45, 2.75) is 6.92 Å². The summed E-state index contributed by atoms with van der Waals surface area (Å²) in [6, 6.07) is 10.2. The highest BCUT2D eigenvalue weighted by Gasteiger charge is 2.07. The van der Waals surface area contributed by atoms with Crippen molar-refractivity contribution in [1.29, 1.82) is 0 Å². The summed E-state index contributed by atoms with van der Waals surface area (Å²) in [5, 5.41) is 0. The fourth-order valence-corrected chi connectivity index (χ4v) is 2.00. The van der Waals surface area contributed by atoms with E-state index >= 15 is 0 Å². The Balaban J connectivity index is 2.46. The summed E-state index contributed by atoms with van der Waals surface area (Å²) in [4.78, 5) is 6.43. The molecule has 2 N–H and O–H groups in total. The molecule has 2 aromatic rings. The monoisotopic (exact) mass is 253 g/mol. The first kappa shape index (κ1) is 13.1. The molecule has 3 nitrogen and oxygen atoms in total. The normalized spacial score (nSPS) is 10.3. The van der Waals surface area contributed by atoms with Crippen LogP contribution in [0, 0.1) is 6.92 Å². The lowest BCUT2D eigenvalue weighted by molar-refractivity contribution is 0.593. The molecule has 1 heterocycles. The van der Waals surface area contributed by atoms with Gasteiger partial charge >= 0.3 is 0 Å². The minimum atomic E-state index is 0.690. The molecule has 1 aromatic carbocycles. The Kier molecular flexibility index (Phi) is 3.56. The Morgan fingerprint density at radius 2 is 2.00 bits per heavy atom. The van der Waals surface area contributed by atoms with Gasteiger partial charge in [-0.3, -0.25) is 4.98 Å². The summed E-state index contributed by atoms with van der Waals surface area (Å²) in [7, 11) is 3.98. The molecule has 3 heteroatoms. The number of nitrogens with zero attached hydrogens (tertiary/aromatic N) is 2. The molecule has 0 saturated heterocycles. The SMILES string of the molecule is C=C(c1cccc(-c2ncc(N)cc2C)c1)N(C)C. The van der Waals surface area contributed by atoms with Crippen molar-refractivity contribution in [2.24, 2.45) is 0 Å². The average molecular weight is 253 g/mol. The number of hydrogen-bond acceptors (Lipinski definition) is 3. The molecule has 0 amide bonds. The first-order valence-corrected chi connectivity index (χ1v) is 6.18. The van der Waals surface area contributed by atoms with E-state index in [4.69, 9.17) is 5.73 Å². The van der Waals surface area contributed by atoms with E-state index in [0.717, 1.165) is 28.1 Å². The zero-order valence-electron chi connectivity index (χ0n) is 11.6. The lowest BCUT2D eigenvalue weighted by atomic mass is 10.0. The largest absolute Gasteiger partial charge is 0.397 e. The van der Waals surface area contributed by atoms with Crippen LogP contribution in [0.15, 0.2) is 43.1 Å². The molecule has 19 heavy (non-hydrogen) atoms. The van der Waals surface area contributed by atoms with Crippen molar-refractivity contribution >= 4 is 11.4 Å². The number of pyridine rings is 1. The Bertz CT molecular complexity index is 615. The van der Waals surface area contributed by atoms with Crippen LogP contribution in [0.2, 0.25) is 0 Å². The van der Waals surface area contributed by atoms with E-state index in [1.807, 2.05) is 38.1 Å². The van der Waals surface area contributed by atoms with E-state index < -0.39 is 0 Å². The van der Waals surface area contributed by atoms with Crippen LogP contribution in [0.3, 0.4) is 0 Å². The zero-order chi connectivity index (χ0) is 14.0. The summed E-state index contributed by atoms with van der Waals surface area (Å²) in [6.45, 7) is 6.10. The van der Waals surface area contributed by atoms with Gasteiger partial charge in [0, 0.05) is 25.4 Å². The van der Waals surface area contributed by atoms with Gasteiger partial charge < -0.3 is 10.6 Å². The molecule has 0 aliphatic carbocycles. The first-order valence-electron chi connectivity index (χ1n) is 6.18. The highest BCUT2D eigenvalue weighted by Crippen LogP contribution is 2.25. The van der Waals surface area contributed by atoms with Gasteiger partial charge in [-0.05, 0) is 30.2 Å². The third-order valence-corrected chi connectivity index (χ3v) is 3.11. The molecule has 0 aliphatic rings. The minimum absolute atomic E-state index is 0.690. The number of rotatable bonds is 3. The maximum Gasteiger partial charge on any atom is 0.0732 e. The number of benzene rings is 1. The van der Waals surface area contributed by atoms with Crippen molar-refractivity contribution in [2.75, 3.05) is 19.8 Å². The molecular weight excluding hydrogens is 234 g/mol. The van der Waals surface area contributed by atoms with Crippen molar-refractivity contribution in [3.63, 3.8) is 0 Å². The number of aryl methyl sites for hydroxylation is 1. The van der Waals surface area contributed by atoms with Crippen LogP contribution in [-0.4, -0.2) is 24.0 Å². The molecule has 2 rings (SSSR count). The van der Waals surface area contributed by atoms with Crippen LogP contribution < -0.4 is 5.73 Å². The molecule has 0 aliphatic heterocycles. The van der Waals surface area contributed by atoms with E-state index in [9.17, 15) is 0 Å². The Morgan fingerprint density at radius 3 is 2.63 bits per heavy atom. The number of hydrogen-bond donors (Lipinski definition) is 1. The third kappa shape index (κ3) is 2.76. The minimum Gasteiger partial charge on any atom is -0.397 e. The maximum atomic E-state index is 5.74. The summed E-state index contributed by atoms with van der Waals surface area (Å²) >= 11 is 0. The number of nitrogens with two attached hydrogens (primary N) is 1. The van der Waals surface area contributed by atoms with Crippen molar-refractivity contribution in [1.82, 2.24) is 9.88 Å². The van der Waals surface area contributed by atoms with Crippen molar-refractivity contribution in [3.05, 3.63) is 54.2 Å². The highest BCUT2D eigenvalue weighted by atomic mass is 15.1.